The maximum atomic E-state index is 6.18. The molecule has 0 saturated heterocycles. The van der Waals surface area contributed by atoms with Crippen LogP contribution in [-0.2, 0) is 0 Å². The number of hydrogen-bond donors (Lipinski definition) is 1. The molecule has 17 heavy (non-hydrogen) atoms. The smallest absolute Gasteiger partial charge is 0.0123 e. The van der Waals surface area contributed by atoms with Crippen LogP contribution >= 0.6 is 0 Å². The molecule has 1 heteroatoms. The third kappa shape index (κ3) is 8.65. The van der Waals surface area contributed by atoms with E-state index in [1.165, 1.54) is 32.1 Å². The average molecular weight is 241 g/mol. The lowest BCUT2D eigenvalue weighted by Gasteiger charge is -2.35. The first-order valence-electron chi connectivity index (χ1n) is 7.33. The quantitative estimate of drug-likeness (QED) is 0.595. The molecule has 0 aliphatic carbocycles. The maximum absolute atomic E-state index is 6.18. The van der Waals surface area contributed by atoms with Crippen molar-refractivity contribution < 1.29 is 0 Å². The fraction of sp³-hybridized carbons (Fsp3) is 1.00. The number of unbranched alkanes of at least 4 members (excludes halogenated alkanes) is 1. The van der Waals surface area contributed by atoms with E-state index in [1.54, 1.807) is 0 Å². The van der Waals surface area contributed by atoms with E-state index in [-0.39, 0.29) is 5.54 Å². The van der Waals surface area contributed by atoms with Gasteiger partial charge in [-0.1, -0.05) is 53.9 Å². The van der Waals surface area contributed by atoms with Crippen LogP contribution in [0.5, 0.6) is 0 Å². The summed E-state index contributed by atoms with van der Waals surface area (Å²) < 4.78 is 0. The first-order valence-corrected chi connectivity index (χ1v) is 7.33. The number of rotatable bonds is 8. The molecule has 0 aliphatic heterocycles. The zero-order valence-electron chi connectivity index (χ0n) is 13.3. The molecule has 0 fully saturated rings. The number of nitrogens with two attached hydrogens (primary N) is 1. The van der Waals surface area contributed by atoms with Crippen molar-refractivity contribution in [3.63, 3.8) is 0 Å². The van der Waals surface area contributed by atoms with Gasteiger partial charge in [0.2, 0.25) is 0 Å². The molecule has 1 unspecified atom stereocenters. The predicted octanol–water partition coefficient (Wildman–Crippen LogP) is 4.99. The highest BCUT2D eigenvalue weighted by Gasteiger charge is 2.27. The molecule has 104 valence electrons. The summed E-state index contributed by atoms with van der Waals surface area (Å²) in [5.74, 6) is 1.43. The molecule has 0 radical (unpaired) electrons. The molecule has 0 heterocycles. The van der Waals surface area contributed by atoms with E-state index in [0.717, 1.165) is 5.92 Å². The van der Waals surface area contributed by atoms with Crippen LogP contribution in [0.25, 0.3) is 0 Å². The molecule has 1 atom stereocenters. The molecule has 0 bridgehead atoms. The van der Waals surface area contributed by atoms with Gasteiger partial charge in [-0.2, -0.15) is 0 Å². The standard InChI is InChI=1S/C16H35N/c1-13(2)10-8-9-11-15(4,5)12-14(3)16(6,7)17/h13-14H,8-12,17H2,1-7H3. The highest BCUT2D eigenvalue weighted by Crippen LogP contribution is 2.34. The van der Waals surface area contributed by atoms with Crippen LogP contribution in [-0.4, -0.2) is 5.54 Å². The van der Waals surface area contributed by atoms with Gasteiger partial charge in [-0.05, 0) is 43.9 Å². The van der Waals surface area contributed by atoms with Crippen LogP contribution in [0, 0.1) is 17.3 Å². The van der Waals surface area contributed by atoms with E-state index in [9.17, 15) is 0 Å². The van der Waals surface area contributed by atoms with Crippen molar-refractivity contribution in [1.82, 2.24) is 0 Å². The Kier molecular flexibility index (Phi) is 6.76. The van der Waals surface area contributed by atoms with Crippen molar-refractivity contribution in [2.24, 2.45) is 23.0 Å². The second-order valence-electron chi connectivity index (χ2n) is 7.73. The fourth-order valence-electron chi connectivity index (χ4n) is 2.35. The van der Waals surface area contributed by atoms with Gasteiger partial charge in [0.05, 0.1) is 0 Å². The van der Waals surface area contributed by atoms with Crippen LogP contribution in [0.1, 0.15) is 80.6 Å². The van der Waals surface area contributed by atoms with Crippen molar-refractivity contribution >= 4 is 0 Å². The van der Waals surface area contributed by atoms with Crippen molar-refractivity contribution in [3.8, 4) is 0 Å². The molecule has 0 rings (SSSR count). The third-order valence-corrected chi connectivity index (χ3v) is 4.01. The minimum Gasteiger partial charge on any atom is -0.325 e. The lowest BCUT2D eigenvalue weighted by molar-refractivity contribution is 0.197. The fourth-order valence-corrected chi connectivity index (χ4v) is 2.35. The molecule has 0 aliphatic rings. The van der Waals surface area contributed by atoms with E-state index < -0.39 is 0 Å². The van der Waals surface area contributed by atoms with E-state index in [1.807, 2.05) is 0 Å². The van der Waals surface area contributed by atoms with E-state index in [0.29, 0.717) is 11.3 Å². The van der Waals surface area contributed by atoms with Gasteiger partial charge in [0.25, 0.3) is 0 Å². The van der Waals surface area contributed by atoms with Crippen molar-refractivity contribution in [3.05, 3.63) is 0 Å². The van der Waals surface area contributed by atoms with Crippen LogP contribution in [0.3, 0.4) is 0 Å². The van der Waals surface area contributed by atoms with Gasteiger partial charge in [0, 0.05) is 5.54 Å². The van der Waals surface area contributed by atoms with Gasteiger partial charge in [0.15, 0.2) is 0 Å². The van der Waals surface area contributed by atoms with Gasteiger partial charge in [-0.15, -0.1) is 0 Å². The van der Waals surface area contributed by atoms with Gasteiger partial charge in [0.1, 0.15) is 0 Å². The summed E-state index contributed by atoms with van der Waals surface area (Å²) in [6.45, 7) is 16.0. The molecule has 0 saturated carbocycles. The van der Waals surface area contributed by atoms with E-state index in [2.05, 4.69) is 48.5 Å². The van der Waals surface area contributed by atoms with E-state index >= 15 is 0 Å². The predicted molar refractivity (Wildman–Crippen MR) is 79.1 cm³/mol. The summed E-state index contributed by atoms with van der Waals surface area (Å²) in [4.78, 5) is 0. The topological polar surface area (TPSA) is 26.0 Å². The lowest BCUT2D eigenvalue weighted by atomic mass is 9.74. The first kappa shape index (κ1) is 17.0. The summed E-state index contributed by atoms with van der Waals surface area (Å²) in [5, 5.41) is 0. The third-order valence-electron chi connectivity index (χ3n) is 4.01. The Hall–Kier alpha value is -0.0400. The zero-order chi connectivity index (χ0) is 13.7. The van der Waals surface area contributed by atoms with Crippen LogP contribution in [0.2, 0.25) is 0 Å². The van der Waals surface area contributed by atoms with Gasteiger partial charge < -0.3 is 5.73 Å². The highest BCUT2D eigenvalue weighted by molar-refractivity contribution is 4.83. The molecule has 2 N–H and O–H groups in total. The Morgan fingerprint density at radius 2 is 1.47 bits per heavy atom. The summed E-state index contributed by atoms with van der Waals surface area (Å²) >= 11 is 0. The minimum atomic E-state index is -0.0464. The normalized spacial score (nSPS) is 15.4. The largest absolute Gasteiger partial charge is 0.325 e. The molecule has 0 aromatic rings. The Morgan fingerprint density at radius 1 is 0.941 bits per heavy atom. The van der Waals surface area contributed by atoms with Crippen molar-refractivity contribution in [2.75, 3.05) is 0 Å². The van der Waals surface area contributed by atoms with Crippen molar-refractivity contribution in [1.29, 1.82) is 0 Å². The van der Waals surface area contributed by atoms with Crippen LogP contribution in [0.15, 0.2) is 0 Å². The first-order chi connectivity index (χ1) is 7.54. The molecule has 0 spiro atoms. The average Bonchev–Trinajstić information content (AvgIpc) is 2.10. The number of hydrogen-bond acceptors (Lipinski definition) is 1. The minimum absolute atomic E-state index is 0.0464. The van der Waals surface area contributed by atoms with Crippen LogP contribution in [0.4, 0.5) is 0 Å². The summed E-state index contributed by atoms with van der Waals surface area (Å²) in [6, 6.07) is 0. The summed E-state index contributed by atoms with van der Waals surface area (Å²) in [5.41, 5.74) is 6.57. The molecular weight excluding hydrogens is 206 g/mol. The van der Waals surface area contributed by atoms with Crippen LogP contribution < -0.4 is 5.73 Å². The van der Waals surface area contributed by atoms with Crippen molar-refractivity contribution in [2.45, 2.75) is 86.1 Å². The zero-order valence-corrected chi connectivity index (χ0v) is 13.3. The maximum Gasteiger partial charge on any atom is 0.0123 e. The summed E-state index contributed by atoms with van der Waals surface area (Å²) in [6.07, 6.45) is 6.68. The second kappa shape index (κ2) is 6.78. The van der Waals surface area contributed by atoms with Gasteiger partial charge in [-0.3, -0.25) is 0 Å². The summed E-state index contributed by atoms with van der Waals surface area (Å²) in [7, 11) is 0. The van der Waals surface area contributed by atoms with E-state index in [4.69, 9.17) is 5.73 Å². The Morgan fingerprint density at radius 3 is 1.88 bits per heavy atom. The molecule has 0 amide bonds. The molecule has 0 aromatic heterocycles. The molecule has 1 nitrogen and oxygen atoms in total. The Labute approximate surface area is 110 Å². The van der Waals surface area contributed by atoms with Gasteiger partial charge >= 0.3 is 0 Å². The SMILES string of the molecule is CC(C)CCCCC(C)(C)CC(C)C(C)(C)N. The van der Waals surface area contributed by atoms with Gasteiger partial charge in [-0.25, -0.2) is 0 Å². The monoisotopic (exact) mass is 241 g/mol. The molecule has 0 aromatic carbocycles. The molecular formula is C16H35N. The second-order valence-corrected chi connectivity index (χ2v) is 7.73. The Bertz CT molecular complexity index is 198. The Balaban J connectivity index is 3.95. The lowest BCUT2D eigenvalue weighted by Crippen LogP contribution is -2.41. The highest BCUT2D eigenvalue weighted by atomic mass is 14.7.